The second-order valence-electron chi connectivity index (χ2n) is 8.16. The first-order chi connectivity index (χ1) is 17.7. The molecule has 0 spiro atoms. The maximum atomic E-state index is 13.8. The lowest BCUT2D eigenvalue weighted by atomic mass is 10.1. The van der Waals surface area contributed by atoms with Gasteiger partial charge in [-0.05, 0) is 55.8 Å². The number of likely N-dealkylation sites (N-methyl/N-ethyl adjacent to an activating group) is 1. The van der Waals surface area contributed by atoms with Crippen molar-refractivity contribution in [3.8, 4) is 5.75 Å². The van der Waals surface area contributed by atoms with E-state index in [1.54, 1.807) is 56.3 Å². The summed E-state index contributed by atoms with van der Waals surface area (Å²) in [6, 6.07) is 21.1. The van der Waals surface area contributed by atoms with Crippen molar-refractivity contribution in [1.82, 2.24) is 10.2 Å². The van der Waals surface area contributed by atoms with Gasteiger partial charge in [-0.2, -0.15) is 0 Å². The van der Waals surface area contributed by atoms with Crippen LogP contribution in [0.3, 0.4) is 0 Å². The van der Waals surface area contributed by atoms with E-state index < -0.39 is 28.5 Å². The molecule has 3 aromatic carbocycles. The summed E-state index contributed by atoms with van der Waals surface area (Å²) in [4.78, 5) is 27.8. The molecule has 0 heterocycles. The van der Waals surface area contributed by atoms with Gasteiger partial charge in [-0.25, -0.2) is 8.42 Å². The number of benzene rings is 3. The maximum Gasteiger partial charge on any atom is 0.264 e. The molecular weight excluding hydrogens is 558 g/mol. The Morgan fingerprint density at radius 1 is 0.973 bits per heavy atom. The molecule has 10 heteroatoms. The molecule has 0 aliphatic carbocycles. The number of amides is 2. The fourth-order valence-corrected chi connectivity index (χ4v) is 5.46. The Morgan fingerprint density at radius 3 is 2.22 bits per heavy atom. The zero-order valence-corrected chi connectivity index (χ0v) is 23.3. The highest BCUT2D eigenvalue weighted by molar-refractivity contribution is 9.10. The van der Waals surface area contributed by atoms with Crippen molar-refractivity contribution in [2.75, 3.05) is 24.5 Å². The Labute approximate surface area is 226 Å². The molecule has 0 unspecified atom stereocenters. The average molecular weight is 589 g/mol. The van der Waals surface area contributed by atoms with Crippen LogP contribution in [0.4, 0.5) is 5.69 Å². The smallest absolute Gasteiger partial charge is 0.264 e. The molecule has 1 atom stereocenters. The van der Waals surface area contributed by atoms with Crippen LogP contribution in [0.2, 0.25) is 0 Å². The minimum Gasteiger partial charge on any atom is -0.492 e. The first kappa shape index (κ1) is 28.2. The van der Waals surface area contributed by atoms with Gasteiger partial charge in [0, 0.05) is 18.1 Å². The molecule has 1 N–H and O–H groups in total. The van der Waals surface area contributed by atoms with Crippen LogP contribution in [0.1, 0.15) is 19.4 Å². The van der Waals surface area contributed by atoms with Gasteiger partial charge in [-0.1, -0.05) is 58.4 Å². The number of anilines is 1. The predicted molar refractivity (Wildman–Crippen MR) is 147 cm³/mol. The van der Waals surface area contributed by atoms with Gasteiger partial charge < -0.3 is 15.0 Å². The SMILES string of the molecule is CCOc1ccccc1N(CC(=O)N(Cc1ccc(Br)cc1)[C@@H](C)C(=O)NC)S(=O)(=O)c1ccccc1. The van der Waals surface area contributed by atoms with Gasteiger partial charge in [0.1, 0.15) is 18.3 Å². The van der Waals surface area contributed by atoms with Crippen molar-refractivity contribution in [3.63, 3.8) is 0 Å². The Bertz CT molecular complexity index is 1320. The van der Waals surface area contributed by atoms with Gasteiger partial charge in [0.05, 0.1) is 17.2 Å². The molecule has 0 radical (unpaired) electrons. The number of carbonyl (C=O) groups is 2. The molecule has 0 fully saturated rings. The average Bonchev–Trinajstić information content (AvgIpc) is 2.91. The highest BCUT2D eigenvalue weighted by Crippen LogP contribution is 2.32. The number of halogens is 1. The van der Waals surface area contributed by atoms with Gasteiger partial charge in [0.25, 0.3) is 10.0 Å². The van der Waals surface area contributed by atoms with Crippen molar-refractivity contribution in [2.45, 2.75) is 31.3 Å². The maximum absolute atomic E-state index is 13.8. The van der Waals surface area contributed by atoms with Crippen LogP contribution >= 0.6 is 15.9 Å². The van der Waals surface area contributed by atoms with Gasteiger partial charge in [0.15, 0.2) is 0 Å². The summed E-state index contributed by atoms with van der Waals surface area (Å²) in [5.74, 6) is -0.571. The summed E-state index contributed by atoms with van der Waals surface area (Å²) in [7, 11) is -2.66. The van der Waals surface area contributed by atoms with Gasteiger partial charge in [0.2, 0.25) is 11.8 Å². The molecule has 3 rings (SSSR count). The van der Waals surface area contributed by atoms with Crippen LogP contribution in [0.25, 0.3) is 0 Å². The first-order valence-electron chi connectivity index (χ1n) is 11.7. The van der Waals surface area contributed by atoms with Crippen LogP contribution in [0, 0.1) is 0 Å². The van der Waals surface area contributed by atoms with Crippen molar-refractivity contribution in [1.29, 1.82) is 0 Å². The number of hydrogen-bond acceptors (Lipinski definition) is 5. The normalized spacial score (nSPS) is 11.9. The summed E-state index contributed by atoms with van der Waals surface area (Å²) in [5, 5.41) is 2.57. The molecule has 2 amide bonds. The highest BCUT2D eigenvalue weighted by Gasteiger charge is 2.33. The Balaban J connectivity index is 2.06. The van der Waals surface area contributed by atoms with Gasteiger partial charge in [-0.15, -0.1) is 0 Å². The van der Waals surface area contributed by atoms with Gasteiger partial charge in [-0.3, -0.25) is 13.9 Å². The number of nitrogens with zero attached hydrogens (tertiary/aromatic N) is 2. The molecule has 196 valence electrons. The third-order valence-corrected chi connectivity index (χ3v) is 8.03. The first-order valence-corrected chi connectivity index (χ1v) is 14.0. The van der Waals surface area contributed by atoms with E-state index in [1.165, 1.54) is 24.1 Å². The van der Waals surface area contributed by atoms with Crippen molar-refractivity contribution < 1.29 is 22.7 Å². The zero-order valence-electron chi connectivity index (χ0n) is 20.9. The minimum atomic E-state index is -4.15. The third-order valence-electron chi connectivity index (χ3n) is 5.72. The molecule has 3 aromatic rings. The third kappa shape index (κ3) is 6.90. The quantitative estimate of drug-likeness (QED) is 0.362. The molecule has 0 bridgehead atoms. The van der Waals surface area contributed by atoms with Crippen LogP contribution in [-0.4, -0.2) is 51.4 Å². The minimum absolute atomic E-state index is 0.0351. The van der Waals surface area contributed by atoms with E-state index in [0.717, 1.165) is 14.3 Å². The molecule has 0 aliphatic rings. The number of hydrogen-bond donors (Lipinski definition) is 1. The number of carbonyl (C=O) groups excluding carboxylic acids is 2. The zero-order chi connectivity index (χ0) is 27.0. The lowest BCUT2D eigenvalue weighted by Crippen LogP contribution is -2.50. The van der Waals surface area contributed by atoms with Crippen LogP contribution < -0.4 is 14.4 Å². The van der Waals surface area contributed by atoms with Crippen LogP contribution in [0.5, 0.6) is 5.75 Å². The summed E-state index contributed by atoms with van der Waals surface area (Å²) in [6.07, 6.45) is 0. The topological polar surface area (TPSA) is 96.0 Å². The Kier molecular flexibility index (Phi) is 9.71. The summed E-state index contributed by atoms with van der Waals surface area (Å²) in [6.45, 7) is 3.31. The van der Waals surface area contributed by atoms with E-state index in [1.807, 2.05) is 24.3 Å². The number of rotatable bonds is 11. The molecule has 0 saturated carbocycles. The summed E-state index contributed by atoms with van der Waals surface area (Å²) >= 11 is 3.40. The molecule has 0 aliphatic heterocycles. The monoisotopic (exact) mass is 587 g/mol. The Morgan fingerprint density at radius 2 is 1.59 bits per heavy atom. The largest absolute Gasteiger partial charge is 0.492 e. The van der Waals surface area contributed by atoms with E-state index in [4.69, 9.17) is 4.74 Å². The molecule has 0 aromatic heterocycles. The summed E-state index contributed by atoms with van der Waals surface area (Å²) < 4.78 is 35.3. The Hall–Kier alpha value is -3.37. The highest BCUT2D eigenvalue weighted by atomic mass is 79.9. The fraction of sp³-hybridized carbons (Fsp3) is 0.259. The van der Waals surface area contributed by atoms with Crippen LogP contribution in [-0.2, 0) is 26.2 Å². The van der Waals surface area contributed by atoms with E-state index in [-0.39, 0.29) is 23.0 Å². The predicted octanol–water partition coefficient (Wildman–Crippen LogP) is 4.21. The van der Waals surface area contributed by atoms with Crippen molar-refractivity contribution >= 4 is 43.5 Å². The lowest BCUT2D eigenvalue weighted by Gasteiger charge is -2.32. The summed E-state index contributed by atoms with van der Waals surface area (Å²) in [5.41, 5.74) is 1.03. The second kappa shape index (κ2) is 12.7. The van der Waals surface area contributed by atoms with Crippen LogP contribution in [0.15, 0.2) is 88.2 Å². The standard InChI is InChI=1S/C27H30BrN3O5S/c1-4-36-25-13-9-8-12-24(25)31(37(34,35)23-10-6-5-7-11-23)19-26(32)30(20(2)27(33)29-3)18-21-14-16-22(28)17-15-21/h5-17,20H,4,18-19H2,1-3H3,(H,29,33)/t20-/m0/s1. The number of para-hydroxylation sites is 2. The van der Waals surface area contributed by atoms with E-state index in [0.29, 0.717) is 12.4 Å². The van der Waals surface area contributed by atoms with E-state index >= 15 is 0 Å². The number of sulfonamides is 1. The molecular formula is C27H30BrN3O5S. The van der Waals surface area contributed by atoms with Crippen molar-refractivity contribution in [2.24, 2.45) is 0 Å². The van der Waals surface area contributed by atoms with Gasteiger partial charge >= 0.3 is 0 Å². The van der Waals surface area contributed by atoms with Crippen molar-refractivity contribution in [3.05, 3.63) is 88.9 Å². The number of nitrogens with one attached hydrogen (secondary N) is 1. The van der Waals surface area contributed by atoms with E-state index in [9.17, 15) is 18.0 Å². The molecule has 0 saturated heterocycles. The fourth-order valence-electron chi connectivity index (χ4n) is 3.75. The molecule has 37 heavy (non-hydrogen) atoms. The lowest BCUT2D eigenvalue weighted by molar-refractivity contribution is -0.139. The number of ether oxygens (including phenoxy) is 1. The van der Waals surface area contributed by atoms with E-state index in [2.05, 4.69) is 21.2 Å². The second-order valence-corrected chi connectivity index (χ2v) is 10.9. The molecule has 8 nitrogen and oxygen atoms in total.